The van der Waals surface area contributed by atoms with Gasteiger partial charge >= 0.3 is 0 Å². The van der Waals surface area contributed by atoms with Crippen molar-refractivity contribution in [3.8, 4) is 101 Å². The molecule has 0 aliphatic heterocycles. The topological polar surface area (TPSA) is 29.6 Å². The van der Waals surface area contributed by atoms with E-state index in [0.29, 0.717) is 0 Å². The quantitative estimate of drug-likeness (QED) is 0.117. The first kappa shape index (κ1) is 83.1. The summed E-state index contributed by atoms with van der Waals surface area (Å²) in [5.41, 5.74) is 36.3. The lowest BCUT2D eigenvalue weighted by Crippen LogP contribution is -1.97. The van der Waals surface area contributed by atoms with E-state index >= 15 is 0 Å². The Morgan fingerprint density at radius 1 is 0.0972 bits per heavy atom. The number of nitrogens with zero attached hydrogens (tertiary/aromatic N) is 6. The molecular formula is C138H90N6. The first-order valence-electron chi connectivity index (χ1n) is 49.6. The van der Waals surface area contributed by atoms with Crippen LogP contribution in [0, 0.1) is 0 Å². The van der Waals surface area contributed by atoms with Crippen LogP contribution in [0.3, 0.4) is 0 Å². The van der Waals surface area contributed by atoms with Gasteiger partial charge in [-0.2, -0.15) is 0 Å². The van der Waals surface area contributed by atoms with E-state index in [-0.39, 0.29) is 0 Å². The molecule has 0 radical (unpaired) electrons. The van der Waals surface area contributed by atoms with Crippen LogP contribution < -0.4 is 0 Å². The molecule has 0 bridgehead atoms. The van der Waals surface area contributed by atoms with Crippen molar-refractivity contribution in [1.82, 2.24) is 27.4 Å². The Kier molecular flexibility index (Phi) is 19.9. The number of benzene rings is 24. The molecule has 0 spiro atoms. The van der Waals surface area contributed by atoms with Gasteiger partial charge in [-0.3, -0.25) is 0 Å². The molecule has 0 fully saturated rings. The number of para-hydroxylation sites is 7. The molecule has 0 saturated carbocycles. The second-order valence-corrected chi connectivity index (χ2v) is 37.7. The molecule has 672 valence electrons. The second kappa shape index (κ2) is 34.5. The number of hydrogen-bond donors (Lipinski definition) is 0. The molecule has 144 heavy (non-hydrogen) atoms. The number of fused-ring (bicyclic) bond motifs is 21. The predicted octanol–water partition coefficient (Wildman–Crippen LogP) is 37.1. The number of rotatable bonds is 12. The van der Waals surface area contributed by atoms with Crippen molar-refractivity contribution in [1.29, 1.82) is 0 Å². The van der Waals surface area contributed by atoms with E-state index in [1.165, 1.54) is 253 Å². The van der Waals surface area contributed by atoms with Crippen molar-refractivity contribution in [2.45, 2.75) is 0 Å². The van der Waals surface area contributed by atoms with Gasteiger partial charge in [0.15, 0.2) is 0 Å². The lowest BCUT2D eigenvalue weighted by molar-refractivity contribution is 1.18. The van der Waals surface area contributed by atoms with E-state index in [2.05, 4.69) is 573 Å². The SMILES string of the molecule is c1ccc(-c2ccc(-n3c4ccccc4c4cc(-c5ccc6c(c5)c5ccccc5n6-c5ccc6ccccc6c5)ccc43)cc2)cc1.c1ccc(-c2cccc(-n3c4ccccc4c4cc(-c5ccc6c(c5)c5ccccc5n6-c5cccc6ccccc56)ccc43)c2)cc1.c1ccc(-c2ccccc2-n2c3ccccc3c3cc(-c4ccc5c(c4)c4ccccc4n5-c4cccc5ccccc45)ccc32)cc1. The van der Waals surface area contributed by atoms with Crippen molar-refractivity contribution in [3.05, 3.63) is 546 Å². The first-order valence-corrected chi connectivity index (χ1v) is 49.6. The fraction of sp³-hybridized carbons (Fsp3) is 0. The zero-order valence-corrected chi connectivity index (χ0v) is 78.6. The van der Waals surface area contributed by atoms with Crippen LogP contribution in [0.15, 0.2) is 546 Å². The highest BCUT2D eigenvalue weighted by Crippen LogP contribution is 2.47. The van der Waals surface area contributed by atoms with E-state index < -0.39 is 0 Å². The Morgan fingerprint density at radius 3 is 0.736 bits per heavy atom. The summed E-state index contributed by atoms with van der Waals surface area (Å²) >= 11 is 0. The molecule has 6 heterocycles. The van der Waals surface area contributed by atoms with Crippen LogP contribution in [-0.2, 0) is 0 Å². The standard InChI is InChI=1S/3C46H30N2/c1-2-13-31(14-3-1)35-18-6-9-21-41(35)47-43-22-10-7-19-37(43)39-29-33(25-27-45(39)47)34-26-28-46-40(30-34)38-20-8-11-23-44(38)48(46)42-24-12-16-32-15-4-5-17-36(32)42;1-2-12-31(13-3-1)33-16-10-17-36(28-33)47-43-21-8-6-19-38(43)40-29-34(24-26-45(40)47)35-25-27-46-41(30-35)39-20-7-9-22-44(39)48(46)42-23-11-15-32-14-4-5-18-37(32)42;1-2-10-31(11-3-1)33-18-23-37(24-19-33)47-43-16-8-6-14-39(43)41-29-35(21-26-45(41)47)36-22-27-46-42(30-36)40-15-7-9-17-44(40)48(46)38-25-20-32-12-4-5-13-34(32)28-38/h3*1-30H. The number of hydrogen-bond acceptors (Lipinski definition) is 0. The minimum atomic E-state index is 1.16. The van der Waals surface area contributed by atoms with Crippen LogP contribution in [0.1, 0.15) is 0 Å². The molecule has 0 unspecified atom stereocenters. The highest BCUT2D eigenvalue weighted by atomic mass is 15.0. The van der Waals surface area contributed by atoms with Crippen molar-refractivity contribution in [2.24, 2.45) is 0 Å². The van der Waals surface area contributed by atoms with Gasteiger partial charge in [-0.25, -0.2) is 0 Å². The summed E-state index contributed by atoms with van der Waals surface area (Å²) in [7, 11) is 0. The van der Waals surface area contributed by atoms with Crippen LogP contribution in [0.25, 0.3) is 264 Å². The van der Waals surface area contributed by atoms with Gasteiger partial charge in [-0.05, 0) is 247 Å². The third kappa shape index (κ3) is 13.9. The summed E-state index contributed by atoms with van der Waals surface area (Å²) in [6.07, 6.45) is 0. The van der Waals surface area contributed by atoms with E-state index in [1.54, 1.807) is 0 Å². The monoisotopic (exact) mass is 1830 g/mol. The van der Waals surface area contributed by atoms with Gasteiger partial charge in [0.1, 0.15) is 0 Å². The fourth-order valence-electron chi connectivity index (χ4n) is 23.1. The molecule has 0 saturated heterocycles. The summed E-state index contributed by atoms with van der Waals surface area (Å²) in [5, 5.41) is 22.6. The largest absolute Gasteiger partial charge is 0.309 e. The van der Waals surface area contributed by atoms with Crippen LogP contribution in [0.5, 0.6) is 0 Å². The lowest BCUT2D eigenvalue weighted by Gasteiger charge is -2.14. The highest BCUT2D eigenvalue weighted by molar-refractivity contribution is 6.18. The Hall–Kier alpha value is -19.1. The average molecular weight is 1830 g/mol. The van der Waals surface area contributed by atoms with Gasteiger partial charge < -0.3 is 27.4 Å². The van der Waals surface area contributed by atoms with Gasteiger partial charge in [-0.15, -0.1) is 0 Å². The third-order valence-electron chi connectivity index (χ3n) is 29.7. The zero-order valence-electron chi connectivity index (χ0n) is 78.6. The molecular weight excluding hydrogens is 1740 g/mol. The minimum Gasteiger partial charge on any atom is -0.309 e. The van der Waals surface area contributed by atoms with E-state index in [4.69, 9.17) is 0 Å². The zero-order chi connectivity index (χ0) is 94.8. The normalized spacial score (nSPS) is 11.8. The van der Waals surface area contributed by atoms with E-state index in [9.17, 15) is 0 Å². The van der Waals surface area contributed by atoms with E-state index in [1.807, 2.05) is 0 Å². The Labute approximate surface area is 831 Å². The van der Waals surface area contributed by atoms with Crippen molar-refractivity contribution in [3.63, 3.8) is 0 Å². The molecule has 0 aliphatic rings. The van der Waals surface area contributed by atoms with Crippen LogP contribution >= 0.6 is 0 Å². The average Bonchev–Trinajstić information content (AvgIpc) is 1.58. The smallest absolute Gasteiger partial charge is 0.0541 e. The molecule has 0 atom stereocenters. The van der Waals surface area contributed by atoms with Gasteiger partial charge in [0.05, 0.1) is 83.3 Å². The van der Waals surface area contributed by atoms with Crippen LogP contribution in [0.4, 0.5) is 0 Å². The lowest BCUT2D eigenvalue weighted by atomic mass is 10.0. The summed E-state index contributed by atoms with van der Waals surface area (Å²) in [5.74, 6) is 0. The minimum absolute atomic E-state index is 1.16. The maximum absolute atomic E-state index is 2.43. The second-order valence-electron chi connectivity index (χ2n) is 37.7. The van der Waals surface area contributed by atoms with Crippen molar-refractivity contribution in [2.75, 3.05) is 0 Å². The molecule has 0 aliphatic carbocycles. The van der Waals surface area contributed by atoms with Crippen LogP contribution in [-0.4, -0.2) is 27.4 Å². The Bertz CT molecular complexity index is 10300. The summed E-state index contributed by atoms with van der Waals surface area (Å²) in [6, 6.07) is 199. The van der Waals surface area contributed by atoms with Gasteiger partial charge in [0.25, 0.3) is 0 Å². The molecule has 0 amide bonds. The maximum Gasteiger partial charge on any atom is 0.0541 e. The third-order valence-corrected chi connectivity index (χ3v) is 29.7. The van der Waals surface area contributed by atoms with Gasteiger partial charge in [-0.1, -0.05) is 382 Å². The molecule has 24 aromatic carbocycles. The molecule has 6 heteroatoms. The van der Waals surface area contributed by atoms with Gasteiger partial charge in [0.2, 0.25) is 0 Å². The van der Waals surface area contributed by atoms with Gasteiger partial charge in [0, 0.05) is 98.0 Å². The molecule has 6 nitrogen and oxygen atoms in total. The Balaban J connectivity index is 0.000000105. The predicted molar refractivity (Wildman–Crippen MR) is 610 cm³/mol. The number of aromatic nitrogens is 6. The fourth-order valence-corrected chi connectivity index (χ4v) is 23.1. The first-order chi connectivity index (χ1) is 71.4. The molecule has 30 rings (SSSR count). The van der Waals surface area contributed by atoms with Crippen molar-refractivity contribution >= 4 is 163 Å². The molecule has 0 N–H and O–H groups in total. The summed E-state index contributed by atoms with van der Waals surface area (Å²) in [6.45, 7) is 0. The van der Waals surface area contributed by atoms with Crippen LogP contribution in [0.2, 0.25) is 0 Å². The molecule has 6 aromatic heterocycles. The highest BCUT2D eigenvalue weighted by Gasteiger charge is 2.25. The summed E-state index contributed by atoms with van der Waals surface area (Å²) < 4.78 is 14.5. The molecule has 30 aromatic rings. The summed E-state index contributed by atoms with van der Waals surface area (Å²) in [4.78, 5) is 0. The van der Waals surface area contributed by atoms with Crippen molar-refractivity contribution < 1.29 is 0 Å². The van der Waals surface area contributed by atoms with E-state index in [0.717, 1.165) is 11.4 Å². The Morgan fingerprint density at radius 2 is 0.333 bits per heavy atom. The maximum atomic E-state index is 2.43.